The first-order valence-corrected chi connectivity index (χ1v) is 5.72. The number of nitrogens with zero attached hydrogens (tertiary/aromatic N) is 1. The van der Waals surface area contributed by atoms with Gasteiger partial charge in [-0.2, -0.15) is 0 Å². The van der Waals surface area contributed by atoms with Gasteiger partial charge in [-0.15, -0.1) is 0 Å². The van der Waals surface area contributed by atoms with Gasteiger partial charge < -0.3 is 0 Å². The topological polar surface area (TPSA) is 76.0 Å². The molecule has 0 aliphatic carbocycles. The Kier molecular flexibility index (Phi) is 2.23. The van der Waals surface area contributed by atoms with Crippen molar-refractivity contribution in [2.24, 2.45) is 0 Å². The van der Waals surface area contributed by atoms with Crippen LogP contribution in [0.15, 0.2) is 17.1 Å². The molecule has 2 aromatic rings. The van der Waals surface area contributed by atoms with Gasteiger partial charge >= 0.3 is 84.2 Å². The molecule has 0 bridgehead atoms. The van der Waals surface area contributed by atoms with Gasteiger partial charge in [0.15, 0.2) is 0 Å². The molecule has 6 heteroatoms. The van der Waals surface area contributed by atoms with E-state index in [2.05, 4.69) is 4.98 Å². The van der Waals surface area contributed by atoms with E-state index in [1.165, 1.54) is 0 Å². The second-order valence-corrected chi connectivity index (χ2v) is 4.78. The molecular weight excluding hydrogens is 251 g/mol. The quantitative estimate of drug-likeness (QED) is 0.380. The van der Waals surface area contributed by atoms with Crippen molar-refractivity contribution in [3.05, 3.63) is 32.9 Å². The predicted molar refractivity (Wildman–Crippen MR) is 51.4 cm³/mol. The Morgan fingerprint density at radius 3 is 3.07 bits per heavy atom. The van der Waals surface area contributed by atoms with E-state index in [9.17, 15) is 14.9 Å². The number of nitrogens with one attached hydrogen (secondary N) is 1. The van der Waals surface area contributed by atoms with Crippen LogP contribution in [-0.2, 0) is 0 Å². The van der Waals surface area contributed by atoms with Crippen molar-refractivity contribution in [1.29, 1.82) is 0 Å². The zero-order chi connectivity index (χ0) is 10.1. The Bertz CT molecular complexity index is 471. The summed E-state index contributed by atoms with van der Waals surface area (Å²) in [5.41, 5.74) is 1.26. The Balaban J connectivity index is 2.30. The summed E-state index contributed by atoms with van der Waals surface area (Å²) < 4.78 is 1.09. The summed E-state index contributed by atoms with van der Waals surface area (Å²) >= 11 is 0.263. The van der Waals surface area contributed by atoms with Gasteiger partial charge in [-0.3, -0.25) is 0 Å². The first-order chi connectivity index (χ1) is 6.66. The van der Waals surface area contributed by atoms with Crippen LogP contribution in [0.5, 0.6) is 0 Å². The Hall–Kier alpha value is -1.39. The fourth-order valence-electron chi connectivity index (χ4n) is 1.20. The summed E-state index contributed by atoms with van der Waals surface area (Å²) in [6.07, 6.45) is 0. The molecule has 2 rings (SSSR count). The standard InChI is InChI=1S/C8H6N2O3Se/c11-7(4-10(12)13)6-3-8-5(9-6)1-2-14-8/h1-3,9H,4H2. The summed E-state index contributed by atoms with van der Waals surface area (Å²) in [7, 11) is 0. The molecule has 0 amide bonds. The van der Waals surface area contributed by atoms with Crippen molar-refractivity contribution < 1.29 is 9.72 Å². The summed E-state index contributed by atoms with van der Waals surface area (Å²) in [5, 5.41) is 10.1. The van der Waals surface area contributed by atoms with Crippen LogP contribution in [-0.4, -0.2) is 36.7 Å². The van der Waals surface area contributed by atoms with E-state index in [0.717, 1.165) is 9.78 Å². The summed E-state index contributed by atoms with van der Waals surface area (Å²) in [6.45, 7) is -0.643. The number of hydrogen-bond acceptors (Lipinski definition) is 3. The van der Waals surface area contributed by atoms with Crippen molar-refractivity contribution in [3.8, 4) is 0 Å². The molecule has 2 aromatic heterocycles. The van der Waals surface area contributed by atoms with Gasteiger partial charge in [0.2, 0.25) is 0 Å². The monoisotopic (exact) mass is 258 g/mol. The molecule has 0 aromatic carbocycles. The number of rotatable bonds is 3. The molecule has 14 heavy (non-hydrogen) atoms. The van der Waals surface area contributed by atoms with E-state index in [4.69, 9.17) is 0 Å². The van der Waals surface area contributed by atoms with Crippen molar-refractivity contribution >= 4 is 30.1 Å². The van der Waals surface area contributed by atoms with Gasteiger partial charge in [-0.1, -0.05) is 0 Å². The minimum absolute atomic E-state index is 0.263. The molecule has 5 nitrogen and oxygen atoms in total. The average molecular weight is 257 g/mol. The molecule has 72 valence electrons. The Morgan fingerprint density at radius 2 is 2.43 bits per heavy atom. The molecule has 0 aliphatic heterocycles. The van der Waals surface area contributed by atoms with Crippen LogP contribution in [0.3, 0.4) is 0 Å². The third-order valence-corrected chi connectivity index (χ3v) is 3.63. The maximum atomic E-state index is 11.3. The van der Waals surface area contributed by atoms with Gasteiger partial charge in [0, 0.05) is 0 Å². The van der Waals surface area contributed by atoms with Gasteiger partial charge in [-0.25, -0.2) is 0 Å². The number of aromatic amines is 1. The molecule has 0 saturated heterocycles. The maximum absolute atomic E-state index is 11.3. The second kappa shape index (κ2) is 3.40. The first kappa shape index (κ1) is 9.18. The van der Waals surface area contributed by atoms with Crippen LogP contribution in [0.2, 0.25) is 0 Å². The van der Waals surface area contributed by atoms with Crippen LogP contribution in [0.4, 0.5) is 0 Å². The van der Waals surface area contributed by atoms with Crippen molar-refractivity contribution in [1.82, 2.24) is 4.98 Å². The van der Waals surface area contributed by atoms with E-state index >= 15 is 0 Å². The summed E-state index contributed by atoms with van der Waals surface area (Å²) in [5.74, 6) is -0.464. The number of hydrogen-bond donors (Lipinski definition) is 1. The zero-order valence-corrected chi connectivity index (χ0v) is 8.73. The van der Waals surface area contributed by atoms with Gasteiger partial charge in [-0.05, 0) is 0 Å². The fourth-order valence-corrected chi connectivity index (χ4v) is 2.84. The van der Waals surface area contributed by atoms with Crippen LogP contribution < -0.4 is 0 Å². The van der Waals surface area contributed by atoms with E-state index in [-0.39, 0.29) is 14.5 Å². The van der Waals surface area contributed by atoms with E-state index in [1.54, 1.807) is 6.07 Å². The first-order valence-electron chi connectivity index (χ1n) is 3.88. The normalized spacial score (nSPS) is 10.6. The third kappa shape index (κ3) is 1.62. The number of carbonyl (C=O) groups excluding carboxylic acids is 1. The molecule has 0 aliphatic rings. The number of fused-ring (bicyclic) bond motifs is 1. The number of Topliss-reactive ketones (excluding diaryl/α,β-unsaturated/α-hetero) is 1. The van der Waals surface area contributed by atoms with Gasteiger partial charge in [0.1, 0.15) is 0 Å². The SMILES string of the molecule is O=C(C[N+](=O)[O-])c1cc2[se]ccc2[nH]1. The van der Waals surface area contributed by atoms with Crippen molar-refractivity contribution in [2.45, 2.75) is 0 Å². The number of ketones is 1. The minimum atomic E-state index is -0.643. The molecule has 0 atom stereocenters. The average Bonchev–Trinajstić information content (AvgIpc) is 2.58. The van der Waals surface area contributed by atoms with E-state index < -0.39 is 17.3 Å². The zero-order valence-electron chi connectivity index (χ0n) is 7.02. The number of aromatic nitrogens is 1. The van der Waals surface area contributed by atoms with Crippen LogP contribution in [0, 0.1) is 10.1 Å². The molecular formula is C8H6N2O3Se. The molecule has 2 heterocycles. The van der Waals surface area contributed by atoms with Gasteiger partial charge in [0.25, 0.3) is 0 Å². The molecule has 0 saturated carbocycles. The Morgan fingerprint density at radius 1 is 1.64 bits per heavy atom. The van der Waals surface area contributed by atoms with Crippen molar-refractivity contribution in [2.75, 3.05) is 6.54 Å². The number of nitro groups is 1. The predicted octanol–water partition coefficient (Wildman–Crippen LogP) is 0.684. The summed E-state index contributed by atoms with van der Waals surface area (Å²) in [6, 6.07) is 3.61. The fraction of sp³-hybridized carbons (Fsp3) is 0.125. The van der Waals surface area contributed by atoms with Crippen LogP contribution >= 0.6 is 0 Å². The molecule has 0 unspecified atom stereocenters. The van der Waals surface area contributed by atoms with E-state index in [0.29, 0.717) is 5.69 Å². The van der Waals surface area contributed by atoms with Crippen LogP contribution in [0.1, 0.15) is 10.5 Å². The van der Waals surface area contributed by atoms with E-state index in [1.807, 2.05) is 11.0 Å². The summed E-state index contributed by atoms with van der Waals surface area (Å²) in [4.78, 5) is 25.7. The molecule has 0 spiro atoms. The molecule has 1 N–H and O–H groups in total. The second-order valence-electron chi connectivity index (χ2n) is 2.80. The van der Waals surface area contributed by atoms with Gasteiger partial charge in [0.05, 0.1) is 0 Å². The molecule has 0 radical (unpaired) electrons. The molecule has 0 fully saturated rings. The van der Waals surface area contributed by atoms with Crippen molar-refractivity contribution in [3.63, 3.8) is 0 Å². The Labute approximate surface area is 84.6 Å². The number of H-pyrrole nitrogens is 1. The van der Waals surface area contributed by atoms with Crippen LogP contribution in [0.25, 0.3) is 9.78 Å². The third-order valence-electron chi connectivity index (χ3n) is 1.81. The number of carbonyl (C=O) groups is 1.